The van der Waals surface area contributed by atoms with Gasteiger partial charge in [-0.1, -0.05) is 38.1 Å². The van der Waals surface area contributed by atoms with Crippen molar-refractivity contribution in [2.75, 3.05) is 11.9 Å². The van der Waals surface area contributed by atoms with Gasteiger partial charge in [0, 0.05) is 41.8 Å². The molecule has 10 heteroatoms. The summed E-state index contributed by atoms with van der Waals surface area (Å²) in [7, 11) is 0. The number of hydrogen-bond donors (Lipinski definition) is 3. The molecule has 0 aliphatic carbocycles. The van der Waals surface area contributed by atoms with Crippen LogP contribution in [-0.2, 0) is 4.79 Å². The van der Waals surface area contributed by atoms with Crippen molar-refractivity contribution < 1.29 is 27.5 Å². The zero-order valence-corrected chi connectivity index (χ0v) is 18.6. The smallest absolute Gasteiger partial charge is 0.406 e. The third-order valence-corrected chi connectivity index (χ3v) is 5.32. The van der Waals surface area contributed by atoms with Crippen molar-refractivity contribution in [1.29, 1.82) is 5.41 Å². The number of carbonyl (C=O) groups is 2. The lowest BCUT2D eigenvalue weighted by Gasteiger charge is -2.42. The maximum Gasteiger partial charge on any atom is 0.573 e. The number of nitrogens with two attached hydrogens (primary N) is 1. The number of nitrogens with one attached hydrogen (secondary N) is 2. The number of halogens is 3. The fourth-order valence-corrected chi connectivity index (χ4v) is 4.06. The van der Waals surface area contributed by atoms with E-state index in [4.69, 9.17) is 11.1 Å². The van der Waals surface area contributed by atoms with Crippen molar-refractivity contribution in [2.45, 2.75) is 32.2 Å². The molecule has 2 atom stereocenters. The summed E-state index contributed by atoms with van der Waals surface area (Å²) in [5.41, 5.74) is 6.89. The predicted molar refractivity (Wildman–Crippen MR) is 122 cm³/mol. The number of nitrogens with zero attached hydrogens (tertiary/aromatic N) is 1. The molecule has 0 radical (unpaired) electrons. The second kappa shape index (κ2) is 9.98. The summed E-state index contributed by atoms with van der Waals surface area (Å²) in [4.78, 5) is 28.4. The van der Waals surface area contributed by atoms with Crippen LogP contribution in [0.15, 0.2) is 60.3 Å². The quantitative estimate of drug-likeness (QED) is 0.521. The molecule has 34 heavy (non-hydrogen) atoms. The predicted octanol–water partition coefficient (Wildman–Crippen LogP) is 4.28. The molecule has 0 saturated carbocycles. The van der Waals surface area contributed by atoms with Gasteiger partial charge in [-0.15, -0.1) is 13.2 Å². The molecule has 1 aliphatic heterocycles. The van der Waals surface area contributed by atoms with Crippen LogP contribution in [0.25, 0.3) is 0 Å². The Bertz CT molecular complexity index is 1110. The zero-order valence-electron chi connectivity index (χ0n) is 18.6. The van der Waals surface area contributed by atoms with E-state index in [-0.39, 0.29) is 23.1 Å². The average molecular weight is 474 g/mol. The lowest BCUT2D eigenvalue weighted by Crippen LogP contribution is -2.53. The first-order valence-corrected chi connectivity index (χ1v) is 10.5. The number of ether oxygens (including phenoxy) is 1. The maximum atomic E-state index is 13.6. The summed E-state index contributed by atoms with van der Waals surface area (Å²) >= 11 is 0. The highest BCUT2D eigenvalue weighted by molar-refractivity contribution is 6.05. The summed E-state index contributed by atoms with van der Waals surface area (Å²) in [6.07, 6.45) is -2.69. The number of fused-ring (bicyclic) bond motifs is 1. The fraction of sp³-hybridized carbons (Fsp3) is 0.292. The normalized spacial score (nSPS) is 18.5. The molecule has 2 aromatic rings. The van der Waals surface area contributed by atoms with Crippen LogP contribution in [0, 0.1) is 11.3 Å². The van der Waals surface area contributed by atoms with Crippen LogP contribution < -0.4 is 15.8 Å². The van der Waals surface area contributed by atoms with Crippen LogP contribution in [0.1, 0.15) is 35.7 Å². The lowest BCUT2D eigenvalue weighted by atomic mass is 9.79. The summed E-state index contributed by atoms with van der Waals surface area (Å²) in [6, 6.07) is 10.7. The lowest BCUT2D eigenvalue weighted by molar-refractivity contribution is -0.274. The van der Waals surface area contributed by atoms with Gasteiger partial charge in [-0.3, -0.25) is 9.59 Å². The third-order valence-electron chi connectivity index (χ3n) is 5.32. The van der Waals surface area contributed by atoms with Crippen molar-refractivity contribution in [2.24, 2.45) is 11.7 Å². The first-order valence-electron chi connectivity index (χ1n) is 10.5. The van der Waals surface area contributed by atoms with E-state index in [0.29, 0.717) is 17.7 Å². The standard InChI is InChI=1S/C24H25F3N4O3/c1-14(2)13-31-21(15(11-28)12-29)20(18-8-3-4-9-19(18)23(31)33)22(32)30-16-6-5-7-17(10-16)34-24(25,26)27/h3-12,14,20-21,28H,13,29H2,1-2H3,(H,30,32)/b15-12+,28-11?/t20-,21+/m0/s1. The van der Waals surface area contributed by atoms with E-state index < -0.39 is 30.0 Å². The van der Waals surface area contributed by atoms with E-state index in [1.54, 1.807) is 24.3 Å². The van der Waals surface area contributed by atoms with Gasteiger partial charge < -0.3 is 26.1 Å². The number of hydrogen-bond acceptors (Lipinski definition) is 5. The van der Waals surface area contributed by atoms with Crippen molar-refractivity contribution in [1.82, 2.24) is 4.90 Å². The van der Waals surface area contributed by atoms with Gasteiger partial charge in [0.25, 0.3) is 5.91 Å². The largest absolute Gasteiger partial charge is 0.573 e. The molecular weight excluding hydrogens is 449 g/mol. The van der Waals surface area contributed by atoms with E-state index in [1.807, 2.05) is 13.8 Å². The molecule has 2 aromatic carbocycles. The van der Waals surface area contributed by atoms with Crippen LogP contribution in [0.4, 0.5) is 18.9 Å². The first-order chi connectivity index (χ1) is 16.1. The van der Waals surface area contributed by atoms with Gasteiger partial charge in [0.2, 0.25) is 5.91 Å². The van der Waals surface area contributed by atoms with Gasteiger partial charge in [0.05, 0.1) is 12.0 Å². The number of alkyl halides is 3. The molecule has 0 bridgehead atoms. The Kier molecular flexibility index (Phi) is 7.29. The second-order valence-corrected chi connectivity index (χ2v) is 8.24. The molecule has 3 rings (SSSR count). The SMILES string of the molecule is CC(C)CN1C(=O)c2ccccc2[C@H](C(=O)Nc2cccc(OC(F)(F)F)c2)[C@H]1/C(C=N)=C/N. The number of anilines is 1. The van der Waals surface area contributed by atoms with Gasteiger partial charge in [-0.2, -0.15) is 0 Å². The molecular formula is C24H25F3N4O3. The van der Waals surface area contributed by atoms with Crippen LogP contribution in [0.5, 0.6) is 5.75 Å². The van der Waals surface area contributed by atoms with Gasteiger partial charge in [-0.05, 0) is 29.7 Å². The Hall–Kier alpha value is -3.82. The molecule has 0 unspecified atom stereocenters. The summed E-state index contributed by atoms with van der Waals surface area (Å²) in [6.45, 7) is 4.15. The second-order valence-electron chi connectivity index (χ2n) is 8.24. The summed E-state index contributed by atoms with van der Waals surface area (Å²) in [5, 5.41) is 10.4. The maximum absolute atomic E-state index is 13.6. The highest BCUT2D eigenvalue weighted by Gasteiger charge is 2.44. The molecule has 2 amide bonds. The minimum absolute atomic E-state index is 0.0568. The molecule has 4 N–H and O–H groups in total. The van der Waals surface area contributed by atoms with Gasteiger partial charge in [-0.25, -0.2) is 0 Å². The van der Waals surface area contributed by atoms with E-state index in [0.717, 1.165) is 18.3 Å². The average Bonchev–Trinajstić information content (AvgIpc) is 2.76. The van der Waals surface area contributed by atoms with E-state index >= 15 is 0 Å². The molecule has 0 saturated heterocycles. The van der Waals surface area contributed by atoms with Gasteiger partial charge in [0.15, 0.2) is 0 Å². The number of benzene rings is 2. The van der Waals surface area contributed by atoms with Crippen molar-refractivity contribution in [3.8, 4) is 5.75 Å². The highest BCUT2D eigenvalue weighted by atomic mass is 19.4. The molecule has 180 valence electrons. The van der Waals surface area contributed by atoms with Crippen LogP contribution in [0.2, 0.25) is 0 Å². The molecule has 0 spiro atoms. The van der Waals surface area contributed by atoms with E-state index in [2.05, 4.69) is 10.1 Å². The van der Waals surface area contributed by atoms with Crippen molar-refractivity contribution in [3.05, 3.63) is 71.4 Å². The van der Waals surface area contributed by atoms with Gasteiger partial charge >= 0.3 is 6.36 Å². The van der Waals surface area contributed by atoms with E-state index in [1.165, 1.54) is 23.2 Å². The Balaban J connectivity index is 2.06. The van der Waals surface area contributed by atoms with Crippen molar-refractivity contribution >= 4 is 23.7 Å². The zero-order chi connectivity index (χ0) is 25.0. The van der Waals surface area contributed by atoms with Crippen LogP contribution in [-0.4, -0.2) is 41.9 Å². The van der Waals surface area contributed by atoms with Gasteiger partial charge in [0.1, 0.15) is 5.75 Å². The molecule has 7 nitrogen and oxygen atoms in total. The Morgan fingerprint density at radius 3 is 2.56 bits per heavy atom. The number of carbonyl (C=O) groups excluding carboxylic acids is 2. The van der Waals surface area contributed by atoms with E-state index in [9.17, 15) is 22.8 Å². The first kappa shape index (κ1) is 24.8. The third kappa shape index (κ3) is 5.38. The van der Waals surface area contributed by atoms with Crippen LogP contribution >= 0.6 is 0 Å². The number of rotatable bonds is 7. The summed E-state index contributed by atoms with van der Waals surface area (Å²) in [5.74, 6) is -2.24. The number of amides is 2. The topological polar surface area (TPSA) is 109 Å². The molecule has 0 fully saturated rings. The monoisotopic (exact) mass is 474 g/mol. The van der Waals surface area contributed by atoms with Crippen LogP contribution in [0.3, 0.4) is 0 Å². The molecule has 0 aromatic heterocycles. The fourth-order valence-electron chi connectivity index (χ4n) is 4.06. The Morgan fingerprint density at radius 2 is 1.94 bits per heavy atom. The summed E-state index contributed by atoms with van der Waals surface area (Å²) < 4.78 is 41.8. The Labute approximate surface area is 194 Å². The minimum atomic E-state index is -4.88. The minimum Gasteiger partial charge on any atom is -0.406 e. The molecule has 1 heterocycles. The van der Waals surface area contributed by atoms with Crippen molar-refractivity contribution in [3.63, 3.8) is 0 Å². The highest BCUT2D eigenvalue weighted by Crippen LogP contribution is 2.38. The Morgan fingerprint density at radius 1 is 1.24 bits per heavy atom. The molecule has 1 aliphatic rings.